The van der Waals surface area contributed by atoms with Gasteiger partial charge in [-0.15, -0.1) is 0 Å². The van der Waals surface area contributed by atoms with Gasteiger partial charge in [0.2, 0.25) is 5.91 Å². The van der Waals surface area contributed by atoms with Gasteiger partial charge in [-0.3, -0.25) is 14.4 Å². The van der Waals surface area contributed by atoms with Gasteiger partial charge in [0.05, 0.1) is 29.2 Å². The third-order valence-electron chi connectivity index (χ3n) is 11.8. The van der Waals surface area contributed by atoms with Crippen LogP contribution in [0.15, 0.2) is 127 Å². The molecular formula is C48H49N3O5. The highest BCUT2D eigenvalue weighted by atomic mass is 16.7. The van der Waals surface area contributed by atoms with Gasteiger partial charge in [-0.2, -0.15) is 5.48 Å². The summed E-state index contributed by atoms with van der Waals surface area (Å²) < 4.78 is 6.88. The number of allylic oxidation sites excluding steroid dienone is 2. The largest absolute Gasteiger partial charge is 0.488 e. The van der Waals surface area contributed by atoms with E-state index in [0.717, 1.165) is 65.4 Å². The first-order valence-electron chi connectivity index (χ1n) is 20.1. The van der Waals surface area contributed by atoms with Crippen molar-refractivity contribution >= 4 is 28.5 Å². The summed E-state index contributed by atoms with van der Waals surface area (Å²) in [6, 6.07) is 36.6. The number of Topliss-reactive ketones (excluding diaryl/α,β-unsaturated/α-hetero) is 1. The summed E-state index contributed by atoms with van der Waals surface area (Å²) in [6.07, 6.45) is 9.84. The average Bonchev–Trinajstić information content (AvgIpc) is 3.75. The van der Waals surface area contributed by atoms with Crippen LogP contribution in [0.4, 0.5) is 0 Å². The second kappa shape index (κ2) is 16.5. The second-order valence-corrected chi connectivity index (χ2v) is 15.8. The molecule has 0 unspecified atom stereocenters. The van der Waals surface area contributed by atoms with Gasteiger partial charge < -0.3 is 14.5 Å². The molecule has 0 radical (unpaired) electrons. The summed E-state index contributed by atoms with van der Waals surface area (Å²) >= 11 is 0. The number of ketones is 1. The van der Waals surface area contributed by atoms with Crippen LogP contribution in [0, 0.1) is 24.2 Å². The number of hydrogen-bond acceptors (Lipinski definition) is 6. The second-order valence-electron chi connectivity index (χ2n) is 15.8. The Morgan fingerprint density at radius 3 is 2.43 bits per heavy atom. The molecule has 5 aromatic rings. The molecular weight excluding hydrogens is 699 g/mol. The van der Waals surface area contributed by atoms with Crippen LogP contribution in [0.25, 0.3) is 22.2 Å². The molecule has 1 saturated carbocycles. The number of benzene rings is 4. The number of fused-ring (bicyclic) bond motifs is 3. The molecule has 2 fully saturated rings. The van der Waals surface area contributed by atoms with Gasteiger partial charge in [0.25, 0.3) is 5.91 Å². The topological polar surface area (TPSA) is 97.8 Å². The normalized spacial score (nSPS) is 24.6. The SMILES string of the molecule is Cc1ccc2c(O[C@@H]3C[C@H]4C(=O)C[C@]5(C(=O)NOc6ccccc6)C[C@H]5/C=C\CCCCC[C@H](Cc5ccccc5)C(=O)N4C3)cc(-c3ccccc3)nc2c1. The Balaban J connectivity index is 1.12. The van der Waals surface area contributed by atoms with E-state index >= 15 is 0 Å². The quantitative estimate of drug-likeness (QED) is 0.126. The molecule has 1 saturated heterocycles. The molecule has 3 heterocycles. The minimum Gasteiger partial charge on any atom is -0.488 e. The summed E-state index contributed by atoms with van der Waals surface area (Å²) in [6.45, 7) is 2.32. The molecule has 8 rings (SSSR count). The molecule has 3 aliphatic rings. The molecule has 1 aromatic heterocycles. The summed E-state index contributed by atoms with van der Waals surface area (Å²) in [5.41, 5.74) is 6.49. The fourth-order valence-corrected chi connectivity index (χ4v) is 8.56. The van der Waals surface area contributed by atoms with Gasteiger partial charge in [0, 0.05) is 35.8 Å². The zero-order valence-electron chi connectivity index (χ0n) is 31.9. The Labute approximate surface area is 328 Å². The van der Waals surface area contributed by atoms with Crippen molar-refractivity contribution in [3.8, 4) is 22.8 Å². The number of hydrogen-bond donors (Lipinski definition) is 1. The van der Waals surface area contributed by atoms with E-state index in [1.807, 2.05) is 91.9 Å². The minimum absolute atomic E-state index is 0.00608. The van der Waals surface area contributed by atoms with Crippen LogP contribution < -0.4 is 15.1 Å². The number of aryl methyl sites for hydroxylation is 1. The summed E-state index contributed by atoms with van der Waals surface area (Å²) in [7, 11) is 0. The van der Waals surface area contributed by atoms with E-state index in [-0.39, 0.29) is 42.4 Å². The molecule has 8 nitrogen and oxygen atoms in total. The number of rotatable bonds is 8. The molecule has 8 heteroatoms. The van der Waals surface area contributed by atoms with Crippen LogP contribution in [0.3, 0.4) is 0 Å². The van der Waals surface area contributed by atoms with Crippen molar-refractivity contribution in [3.63, 3.8) is 0 Å². The van der Waals surface area contributed by atoms with Crippen molar-refractivity contribution < 1.29 is 24.0 Å². The van der Waals surface area contributed by atoms with Crippen LogP contribution in [-0.4, -0.2) is 46.2 Å². The summed E-state index contributed by atoms with van der Waals surface area (Å²) in [4.78, 5) is 56.0. The van der Waals surface area contributed by atoms with E-state index in [1.54, 1.807) is 17.0 Å². The molecule has 1 N–H and O–H groups in total. The summed E-state index contributed by atoms with van der Waals surface area (Å²) in [5, 5.41) is 0.876. The minimum atomic E-state index is -0.955. The number of carbonyl (C=O) groups is 3. The Bertz CT molecular complexity index is 2210. The first kappa shape index (κ1) is 37.2. The van der Waals surface area contributed by atoms with E-state index in [1.165, 1.54) is 0 Å². The number of hydroxylamine groups is 1. The first-order chi connectivity index (χ1) is 27.4. The third kappa shape index (κ3) is 8.25. The lowest BCUT2D eigenvalue weighted by molar-refractivity contribution is -0.143. The van der Waals surface area contributed by atoms with E-state index in [9.17, 15) is 14.4 Å². The number of aromatic nitrogens is 1. The molecule has 56 heavy (non-hydrogen) atoms. The average molecular weight is 748 g/mol. The van der Waals surface area contributed by atoms with Gasteiger partial charge >= 0.3 is 0 Å². The van der Waals surface area contributed by atoms with Gasteiger partial charge in [0.1, 0.15) is 11.9 Å². The molecule has 1 aliphatic carbocycles. The van der Waals surface area contributed by atoms with Gasteiger partial charge in [-0.1, -0.05) is 110 Å². The maximum absolute atomic E-state index is 14.9. The Morgan fingerprint density at radius 2 is 1.64 bits per heavy atom. The van der Waals surface area contributed by atoms with Crippen molar-refractivity contribution in [2.75, 3.05) is 6.54 Å². The van der Waals surface area contributed by atoms with E-state index in [0.29, 0.717) is 30.8 Å². The smallest absolute Gasteiger partial charge is 0.259 e. The Kier molecular flexibility index (Phi) is 11.0. The summed E-state index contributed by atoms with van der Waals surface area (Å²) in [5.74, 6) is 0.345. The lowest BCUT2D eigenvalue weighted by Gasteiger charge is -2.29. The number of nitrogens with zero attached hydrogens (tertiary/aromatic N) is 2. The van der Waals surface area contributed by atoms with E-state index in [4.69, 9.17) is 14.6 Å². The molecule has 5 atom stereocenters. The van der Waals surface area contributed by atoms with Crippen LogP contribution in [0.1, 0.15) is 62.5 Å². The number of para-hydroxylation sites is 1. The van der Waals surface area contributed by atoms with E-state index in [2.05, 4.69) is 35.8 Å². The van der Waals surface area contributed by atoms with Crippen molar-refractivity contribution in [1.82, 2.24) is 15.4 Å². The predicted octanol–water partition coefficient (Wildman–Crippen LogP) is 9.01. The highest BCUT2D eigenvalue weighted by molar-refractivity contribution is 5.97. The van der Waals surface area contributed by atoms with E-state index < -0.39 is 17.6 Å². The van der Waals surface area contributed by atoms with Gasteiger partial charge in [-0.25, -0.2) is 4.98 Å². The zero-order chi connectivity index (χ0) is 38.5. The van der Waals surface area contributed by atoms with Crippen LogP contribution in [-0.2, 0) is 20.8 Å². The Hall–Kier alpha value is -5.76. The maximum atomic E-state index is 14.9. The van der Waals surface area contributed by atoms with Crippen LogP contribution >= 0.6 is 0 Å². The van der Waals surface area contributed by atoms with Crippen molar-refractivity contribution in [3.05, 3.63) is 139 Å². The number of ether oxygens (including phenoxy) is 1. The molecule has 2 aliphatic heterocycles. The number of amides is 2. The Morgan fingerprint density at radius 1 is 0.893 bits per heavy atom. The van der Waals surface area contributed by atoms with Gasteiger partial charge in [0.15, 0.2) is 11.5 Å². The third-order valence-corrected chi connectivity index (χ3v) is 11.8. The molecule has 0 bridgehead atoms. The first-order valence-corrected chi connectivity index (χ1v) is 20.1. The zero-order valence-corrected chi connectivity index (χ0v) is 31.9. The van der Waals surface area contributed by atoms with Gasteiger partial charge in [-0.05, 0) is 80.3 Å². The van der Waals surface area contributed by atoms with Crippen LogP contribution in [0.5, 0.6) is 11.5 Å². The number of nitrogens with one attached hydrogen (secondary N) is 1. The van der Waals surface area contributed by atoms with Crippen molar-refractivity contribution in [1.29, 1.82) is 0 Å². The maximum Gasteiger partial charge on any atom is 0.259 e. The fourth-order valence-electron chi connectivity index (χ4n) is 8.56. The standard InChI is InChI=1S/C48H49N3O5/c1-33-24-25-40-42(26-33)49-41(35-18-11-6-12-19-35)29-45(40)55-39-28-43-44(52)31-48(47(54)50-56-38-22-14-7-15-23-38)30-37(48)21-13-4-2-3-10-20-36(46(53)51(43)32-39)27-34-16-8-5-9-17-34/h5-9,11-19,21-26,29,36-37,39,43H,2-4,10,20,27-28,30-32H2,1H3,(H,50,54)/b21-13-/t36-,37-,39-,43+,48-/m1/s1. The molecule has 4 aromatic carbocycles. The monoisotopic (exact) mass is 747 g/mol. The molecule has 286 valence electrons. The lowest BCUT2D eigenvalue weighted by Crippen LogP contribution is -2.46. The number of carbonyl (C=O) groups excluding carboxylic acids is 3. The lowest BCUT2D eigenvalue weighted by atomic mass is 9.90. The molecule has 0 spiro atoms. The highest BCUT2D eigenvalue weighted by Crippen LogP contribution is 2.57. The van der Waals surface area contributed by atoms with Crippen LogP contribution in [0.2, 0.25) is 0 Å². The number of pyridine rings is 1. The predicted molar refractivity (Wildman–Crippen MR) is 218 cm³/mol. The van der Waals surface area contributed by atoms with Crippen molar-refractivity contribution in [2.45, 2.75) is 76.9 Å². The highest BCUT2D eigenvalue weighted by Gasteiger charge is 2.61. The van der Waals surface area contributed by atoms with Crippen molar-refractivity contribution in [2.24, 2.45) is 17.3 Å². The molecule has 2 amide bonds. The fraction of sp³-hybridized carbons (Fsp3) is 0.333.